The lowest BCUT2D eigenvalue weighted by Crippen LogP contribution is -2.01. The summed E-state index contributed by atoms with van der Waals surface area (Å²) in [5.74, 6) is 0.594. The summed E-state index contributed by atoms with van der Waals surface area (Å²) in [5.41, 5.74) is 4.07. The molecule has 3 heteroatoms. The van der Waals surface area contributed by atoms with Crippen molar-refractivity contribution in [2.45, 2.75) is 46.0 Å². The first-order chi connectivity index (χ1) is 11.4. The number of nitrogens with zero attached hydrogens (tertiary/aromatic N) is 2. The van der Waals surface area contributed by atoms with Gasteiger partial charge in [-0.3, -0.25) is 0 Å². The molecule has 1 saturated carbocycles. The smallest absolute Gasteiger partial charge is 0.0991 e. The second-order valence-corrected chi connectivity index (χ2v) is 6.68. The highest BCUT2D eigenvalue weighted by atomic mass is 15.0. The molecule has 0 radical (unpaired) electrons. The molecule has 3 nitrogen and oxygen atoms in total. The minimum atomic E-state index is 0.594. The van der Waals surface area contributed by atoms with E-state index in [1.54, 1.807) is 0 Å². The van der Waals surface area contributed by atoms with Crippen LogP contribution in [0, 0.1) is 17.2 Å². The standard InChI is InChI=1S/C15H18N2.C3H9N.C3H8/c1-11(13-5-3-4-6-13)14-9-12(10-16)7-8-15(14)17-2;1-4(2)3;1-3-2/h7-9,13,17H,1,3-6H2,2H3;1-3H3;3H2,1-2H3. The van der Waals surface area contributed by atoms with E-state index in [0.717, 1.165) is 11.3 Å². The van der Waals surface area contributed by atoms with Gasteiger partial charge in [-0.15, -0.1) is 0 Å². The lowest BCUT2D eigenvalue weighted by Gasteiger charge is -2.17. The normalized spacial score (nSPS) is 13.2. The van der Waals surface area contributed by atoms with E-state index in [-0.39, 0.29) is 0 Å². The van der Waals surface area contributed by atoms with Crippen LogP contribution in [0.5, 0.6) is 0 Å². The van der Waals surface area contributed by atoms with Crippen LogP contribution in [0.1, 0.15) is 57.1 Å². The Bertz CT molecular complexity index is 518. The average molecular weight is 330 g/mol. The minimum absolute atomic E-state index is 0.594. The zero-order valence-corrected chi connectivity index (χ0v) is 16.4. The third kappa shape index (κ3) is 8.17. The topological polar surface area (TPSA) is 39.1 Å². The van der Waals surface area contributed by atoms with E-state index in [0.29, 0.717) is 11.5 Å². The van der Waals surface area contributed by atoms with Gasteiger partial charge < -0.3 is 10.2 Å². The van der Waals surface area contributed by atoms with E-state index in [2.05, 4.69) is 31.8 Å². The molecular weight excluding hydrogens is 294 g/mol. The maximum atomic E-state index is 8.97. The third-order valence-corrected chi connectivity index (χ3v) is 3.61. The Morgan fingerprint density at radius 1 is 1.25 bits per heavy atom. The number of hydrogen-bond acceptors (Lipinski definition) is 3. The van der Waals surface area contributed by atoms with Gasteiger partial charge in [-0.05, 0) is 63.7 Å². The van der Waals surface area contributed by atoms with Gasteiger partial charge in [0.25, 0.3) is 0 Å². The second kappa shape index (κ2) is 12.6. The molecule has 0 atom stereocenters. The highest BCUT2D eigenvalue weighted by Gasteiger charge is 2.20. The van der Waals surface area contributed by atoms with Crippen LogP contribution in [0.2, 0.25) is 0 Å². The van der Waals surface area contributed by atoms with Crippen LogP contribution in [-0.4, -0.2) is 33.1 Å². The summed E-state index contributed by atoms with van der Waals surface area (Å²) in [7, 11) is 7.91. The summed E-state index contributed by atoms with van der Waals surface area (Å²) in [4.78, 5) is 2.00. The van der Waals surface area contributed by atoms with Crippen LogP contribution in [0.4, 0.5) is 5.69 Å². The van der Waals surface area contributed by atoms with Crippen LogP contribution in [0.15, 0.2) is 24.8 Å². The monoisotopic (exact) mass is 329 g/mol. The van der Waals surface area contributed by atoms with Crippen molar-refractivity contribution in [3.05, 3.63) is 35.9 Å². The molecule has 0 aliphatic heterocycles. The quantitative estimate of drug-likeness (QED) is 0.807. The predicted octanol–water partition coefficient (Wildman–Crippen LogP) is 5.40. The molecule has 0 aromatic heterocycles. The van der Waals surface area contributed by atoms with Crippen molar-refractivity contribution in [3.63, 3.8) is 0 Å². The van der Waals surface area contributed by atoms with Gasteiger partial charge in [0, 0.05) is 18.3 Å². The fraction of sp³-hybridized carbons (Fsp3) is 0.571. The Labute approximate surface area is 149 Å². The number of nitrogens with one attached hydrogen (secondary N) is 1. The van der Waals surface area contributed by atoms with Gasteiger partial charge in [-0.2, -0.15) is 5.26 Å². The molecule has 1 aliphatic carbocycles. The summed E-state index contributed by atoms with van der Waals surface area (Å²) in [6.45, 7) is 8.49. The number of anilines is 1. The zero-order chi connectivity index (χ0) is 18.5. The number of hydrogen-bond donors (Lipinski definition) is 1. The van der Waals surface area contributed by atoms with Crippen molar-refractivity contribution in [1.29, 1.82) is 5.26 Å². The van der Waals surface area contributed by atoms with Crippen molar-refractivity contribution in [2.24, 2.45) is 5.92 Å². The first-order valence-corrected chi connectivity index (χ1v) is 8.93. The average Bonchev–Trinajstić information content (AvgIpc) is 3.08. The van der Waals surface area contributed by atoms with Crippen LogP contribution in [-0.2, 0) is 0 Å². The Kier molecular flexibility index (Phi) is 11.7. The van der Waals surface area contributed by atoms with Crippen LogP contribution in [0.25, 0.3) is 5.57 Å². The maximum absolute atomic E-state index is 8.97. The molecular formula is C21H35N3. The van der Waals surface area contributed by atoms with E-state index in [1.165, 1.54) is 37.7 Å². The Balaban J connectivity index is 0.000000648. The van der Waals surface area contributed by atoms with E-state index < -0.39 is 0 Å². The second-order valence-electron chi connectivity index (χ2n) is 6.68. The number of nitriles is 1. The molecule has 134 valence electrons. The number of rotatable bonds is 3. The maximum Gasteiger partial charge on any atom is 0.0991 e. The summed E-state index contributed by atoms with van der Waals surface area (Å²) < 4.78 is 0. The Morgan fingerprint density at radius 2 is 1.75 bits per heavy atom. The molecule has 0 saturated heterocycles. The lowest BCUT2D eigenvalue weighted by molar-refractivity contribution is 0.505. The molecule has 1 aromatic rings. The van der Waals surface area contributed by atoms with Crippen molar-refractivity contribution in [3.8, 4) is 6.07 Å². The van der Waals surface area contributed by atoms with Crippen LogP contribution >= 0.6 is 0 Å². The third-order valence-electron chi connectivity index (χ3n) is 3.61. The summed E-state index contributed by atoms with van der Waals surface area (Å²) in [6, 6.07) is 7.96. The van der Waals surface area contributed by atoms with Gasteiger partial charge in [-0.25, -0.2) is 0 Å². The molecule has 1 N–H and O–H groups in total. The predicted molar refractivity (Wildman–Crippen MR) is 107 cm³/mol. The molecule has 2 rings (SSSR count). The van der Waals surface area contributed by atoms with Crippen LogP contribution < -0.4 is 5.32 Å². The fourth-order valence-corrected chi connectivity index (χ4v) is 2.59. The van der Waals surface area contributed by atoms with Crippen molar-refractivity contribution >= 4 is 11.3 Å². The van der Waals surface area contributed by atoms with E-state index in [1.807, 2.05) is 51.3 Å². The highest BCUT2D eigenvalue weighted by Crippen LogP contribution is 2.38. The van der Waals surface area contributed by atoms with Crippen molar-refractivity contribution in [1.82, 2.24) is 4.90 Å². The van der Waals surface area contributed by atoms with E-state index in [4.69, 9.17) is 5.26 Å². The lowest BCUT2D eigenvalue weighted by atomic mass is 9.90. The van der Waals surface area contributed by atoms with Gasteiger partial charge in [-0.1, -0.05) is 39.7 Å². The SMILES string of the molecule is C=C(c1cc(C#N)ccc1NC)C1CCCC1.CCC.CN(C)C. The fourth-order valence-electron chi connectivity index (χ4n) is 2.59. The van der Waals surface area contributed by atoms with E-state index in [9.17, 15) is 0 Å². The molecule has 0 bridgehead atoms. The van der Waals surface area contributed by atoms with Gasteiger partial charge >= 0.3 is 0 Å². The molecule has 24 heavy (non-hydrogen) atoms. The Hall–Kier alpha value is -1.79. The molecule has 1 aromatic carbocycles. The Morgan fingerprint density at radius 3 is 2.17 bits per heavy atom. The highest BCUT2D eigenvalue weighted by molar-refractivity contribution is 5.77. The molecule has 1 fully saturated rings. The molecule has 0 unspecified atom stereocenters. The van der Waals surface area contributed by atoms with Crippen molar-refractivity contribution < 1.29 is 0 Å². The van der Waals surface area contributed by atoms with Gasteiger partial charge in [0.1, 0.15) is 0 Å². The largest absolute Gasteiger partial charge is 0.388 e. The van der Waals surface area contributed by atoms with Crippen LogP contribution in [0.3, 0.4) is 0 Å². The van der Waals surface area contributed by atoms with E-state index >= 15 is 0 Å². The summed E-state index contributed by atoms with van der Waals surface area (Å²) >= 11 is 0. The first kappa shape index (κ1) is 22.2. The number of allylic oxidation sites excluding steroid dienone is 1. The molecule has 0 spiro atoms. The van der Waals surface area contributed by atoms with Gasteiger partial charge in [0.05, 0.1) is 11.6 Å². The molecule has 0 heterocycles. The molecule has 0 amide bonds. The molecule has 1 aliphatic rings. The first-order valence-electron chi connectivity index (χ1n) is 8.93. The summed E-state index contributed by atoms with van der Waals surface area (Å²) in [5, 5.41) is 12.2. The van der Waals surface area contributed by atoms with Crippen molar-refractivity contribution in [2.75, 3.05) is 33.5 Å². The zero-order valence-electron chi connectivity index (χ0n) is 16.4. The van der Waals surface area contributed by atoms with Gasteiger partial charge in [0.15, 0.2) is 0 Å². The minimum Gasteiger partial charge on any atom is -0.388 e. The van der Waals surface area contributed by atoms with Gasteiger partial charge in [0.2, 0.25) is 0 Å². The number of benzene rings is 1. The summed E-state index contributed by atoms with van der Waals surface area (Å²) in [6.07, 6.45) is 6.32.